The van der Waals surface area contributed by atoms with Crippen molar-refractivity contribution in [3.8, 4) is 0 Å². The van der Waals surface area contributed by atoms with E-state index in [1.807, 2.05) is 4.90 Å². The Kier molecular flexibility index (Phi) is 5.50. The Morgan fingerprint density at radius 3 is 2.67 bits per heavy atom. The van der Waals surface area contributed by atoms with Crippen LogP contribution in [0.1, 0.15) is 36.8 Å². The van der Waals surface area contributed by atoms with Crippen LogP contribution in [0.4, 0.5) is 24.9 Å². The molecule has 0 N–H and O–H groups in total. The molecule has 0 aliphatic carbocycles. The van der Waals surface area contributed by atoms with Crippen LogP contribution in [0, 0.1) is 5.92 Å². The van der Waals surface area contributed by atoms with E-state index in [9.17, 15) is 13.2 Å². The van der Waals surface area contributed by atoms with Gasteiger partial charge in [-0.1, -0.05) is 20.3 Å². The number of nitrogens with zero attached hydrogens (tertiary/aromatic N) is 8. The van der Waals surface area contributed by atoms with E-state index in [1.54, 1.807) is 18.4 Å². The lowest BCUT2D eigenvalue weighted by molar-refractivity contribution is -0.147. The van der Waals surface area contributed by atoms with Crippen LogP contribution >= 0.6 is 11.3 Å². The Balaban J connectivity index is 1.55. The van der Waals surface area contributed by atoms with E-state index in [2.05, 4.69) is 40.0 Å². The first-order chi connectivity index (χ1) is 15.8. The number of hydrogen-bond donors (Lipinski definition) is 0. The van der Waals surface area contributed by atoms with Gasteiger partial charge in [0.15, 0.2) is 5.82 Å². The van der Waals surface area contributed by atoms with Gasteiger partial charge in [-0.15, -0.1) is 21.5 Å². The molecule has 3 aromatic rings. The van der Waals surface area contributed by atoms with Gasteiger partial charge >= 0.3 is 6.18 Å². The van der Waals surface area contributed by atoms with Crippen LogP contribution in [0.15, 0.2) is 11.1 Å². The summed E-state index contributed by atoms with van der Waals surface area (Å²) in [5.41, 5.74) is 1.11. The molecule has 1 unspecified atom stereocenters. The molecule has 0 spiro atoms. The van der Waals surface area contributed by atoms with Gasteiger partial charge in [-0.25, -0.2) is 4.98 Å². The summed E-state index contributed by atoms with van der Waals surface area (Å²) in [6.07, 6.45) is -2.54. The molecule has 1 atom stereocenters. The molecule has 0 amide bonds. The average Bonchev–Trinajstić information content (AvgIpc) is 3.47. The highest BCUT2D eigenvalue weighted by Gasteiger charge is 2.40. The van der Waals surface area contributed by atoms with Crippen LogP contribution in [0.5, 0.6) is 0 Å². The number of aliphatic imine (C=N–C) groups is 1. The summed E-state index contributed by atoms with van der Waals surface area (Å²) in [4.78, 5) is 20.4. The van der Waals surface area contributed by atoms with Crippen molar-refractivity contribution in [3.05, 3.63) is 22.6 Å². The topological polar surface area (TPSA) is 75.3 Å². The van der Waals surface area contributed by atoms with Gasteiger partial charge < -0.3 is 14.4 Å². The lowest BCUT2D eigenvalue weighted by Crippen LogP contribution is -2.36. The first-order valence-corrected chi connectivity index (χ1v) is 11.8. The van der Waals surface area contributed by atoms with Gasteiger partial charge in [-0.05, 0) is 12.5 Å². The molecule has 0 radical (unpaired) electrons. The second kappa shape index (κ2) is 8.23. The average molecular weight is 479 g/mol. The molecular weight excluding hydrogens is 453 g/mol. The third kappa shape index (κ3) is 3.94. The monoisotopic (exact) mass is 478 g/mol. The molecule has 0 aromatic carbocycles. The Morgan fingerprint density at radius 1 is 1.15 bits per heavy atom. The fourth-order valence-corrected chi connectivity index (χ4v) is 5.66. The van der Waals surface area contributed by atoms with Crippen LogP contribution in [0.25, 0.3) is 10.2 Å². The quantitative estimate of drug-likeness (QED) is 0.568. The summed E-state index contributed by atoms with van der Waals surface area (Å²) in [6, 6.07) is 2.12. The second-order valence-corrected chi connectivity index (χ2v) is 9.65. The van der Waals surface area contributed by atoms with Crippen LogP contribution in [0.2, 0.25) is 0 Å². The van der Waals surface area contributed by atoms with Gasteiger partial charge in [-0.2, -0.15) is 18.2 Å². The number of aromatic nitrogens is 5. The van der Waals surface area contributed by atoms with Crippen LogP contribution < -0.4 is 9.80 Å². The van der Waals surface area contributed by atoms with Gasteiger partial charge in [0.2, 0.25) is 11.8 Å². The van der Waals surface area contributed by atoms with Crippen molar-refractivity contribution in [2.24, 2.45) is 10.9 Å². The van der Waals surface area contributed by atoms with E-state index in [4.69, 9.17) is 9.97 Å². The Hall–Kier alpha value is -2.76. The molecule has 0 saturated carbocycles. The molecule has 3 aromatic heterocycles. The molecule has 1 fully saturated rings. The SMILES string of the molecule is CCCc1cc2c(N3CCn4c(nnc4C(F)(F)F)C3)nc(N3CC(=NC)C(C)C3)nc2s1. The molecule has 12 heteroatoms. The lowest BCUT2D eigenvalue weighted by Gasteiger charge is -2.30. The molecule has 176 valence electrons. The lowest BCUT2D eigenvalue weighted by atomic mass is 10.1. The highest BCUT2D eigenvalue weighted by molar-refractivity contribution is 7.18. The molecule has 1 saturated heterocycles. The van der Waals surface area contributed by atoms with Crippen LogP contribution in [-0.2, 0) is 25.7 Å². The Morgan fingerprint density at radius 2 is 1.97 bits per heavy atom. The van der Waals surface area contributed by atoms with Gasteiger partial charge in [0.05, 0.1) is 18.5 Å². The molecule has 2 aliphatic heterocycles. The zero-order chi connectivity index (χ0) is 23.3. The molecule has 33 heavy (non-hydrogen) atoms. The molecule has 5 rings (SSSR count). The Bertz CT molecular complexity index is 1210. The maximum atomic E-state index is 13.3. The first kappa shape index (κ1) is 22.1. The third-order valence-electron chi connectivity index (χ3n) is 6.20. The predicted molar refractivity (Wildman–Crippen MR) is 122 cm³/mol. The summed E-state index contributed by atoms with van der Waals surface area (Å²) in [5.74, 6) is 1.05. The minimum Gasteiger partial charge on any atom is -0.347 e. The number of alkyl halides is 3. The normalized spacial score (nSPS) is 20.3. The largest absolute Gasteiger partial charge is 0.451 e. The van der Waals surface area contributed by atoms with Crippen molar-refractivity contribution in [1.82, 2.24) is 24.7 Å². The van der Waals surface area contributed by atoms with Crippen molar-refractivity contribution in [1.29, 1.82) is 0 Å². The number of anilines is 2. The first-order valence-electron chi connectivity index (χ1n) is 11.0. The van der Waals surface area contributed by atoms with Crippen molar-refractivity contribution in [3.63, 3.8) is 0 Å². The summed E-state index contributed by atoms with van der Waals surface area (Å²) >= 11 is 1.66. The van der Waals surface area contributed by atoms with E-state index in [0.29, 0.717) is 30.8 Å². The highest BCUT2D eigenvalue weighted by Crippen LogP contribution is 2.36. The van der Waals surface area contributed by atoms with E-state index in [1.165, 1.54) is 4.88 Å². The van der Waals surface area contributed by atoms with E-state index < -0.39 is 12.0 Å². The number of aryl methyl sites for hydroxylation is 1. The molecule has 8 nitrogen and oxygen atoms in total. The van der Waals surface area contributed by atoms with Gasteiger partial charge in [0.25, 0.3) is 0 Å². The summed E-state index contributed by atoms with van der Waals surface area (Å²) < 4.78 is 40.9. The number of halogens is 3. The fourth-order valence-electron chi connectivity index (χ4n) is 4.54. The molecular formula is C21H25F3N8S. The van der Waals surface area contributed by atoms with Crippen molar-refractivity contribution >= 4 is 39.0 Å². The van der Waals surface area contributed by atoms with E-state index in [0.717, 1.165) is 45.7 Å². The maximum Gasteiger partial charge on any atom is 0.451 e. The van der Waals surface area contributed by atoms with Gasteiger partial charge in [-0.3, -0.25) is 4.99 Å². The summed E-state index contributed by atoms with van der Waals surface area (Å²) in [6.45, 7) is 6.49. The second-order valence-electron chi connectivity index (χ2n) is 8.54. The summed E-state index contributed by atoms with van der Waals surface area (Å²) in [5, 5.41) is 8.17. The third-order valence-corrected chi connectivity index (χ3v) is 7.29. The maximum absolute atomic E-state index is 13.3. The predicted octanol–water partition coefficient (Wildman–Crippen LogP) is 3.80. The number of thiophene rings is 1. The standard InChI is InChI=1S/C21H25F3N8S/c1-4-5-13-8-14-17(30-6-7-32-16(11-30)28-29-19(32)21(22,23)24)26-20(27-18(14)33-13)31-9-12(2)15(10-31)25-3/h8,12H,4-7,9-11H2,1-3H3. The van der Waals surface area contributed by atoms with Gasteiger partial charge in [0, 0.05) is 43.2 Å². The van der Waals surface area contributed by atoms with E-state index >= 15 is 0 Å². The molecule has 2 aliphatic rings. The number of fused-ring (bicyclic) bond motifs is 2. The fraction of sp³-hybridized carbons (Fsp3) is 0.571. The molecule has 5 heterocycles. The number of hydrogen-bond acceptors (Lipinski definition) is 8. The smallest absolute Gasteiger partial charge is 0.347 e. The van der Waals surface area contributed by atoms with Crippen LogP contribution in [0.3, 0.4) is 0 Å². The van der Waals surface area contributed by atoms with Crippen molar-refractivity contribution < 1.29 is 13.2 Å². The Labute approximate surface area is 193 Å². The van der Waals surface area contributed by atoms with Crippen molar-refractivity contribution in [2.75, 3.05) is 36.5 Å². The van der Waals surface area contributed by atoms with Crippen molar-refractivity contribution in [2.45, 2.75) is 46.0 Å². The number of rotatable bonds is 4. The van der Waals surface area contributed by atoms with E-state index in [-0.39, 0.29) is 13.1 Å². The highest BCUT2D eigenvalue weighted by atomic mass is 32.1. The zero-order valence-electron chi connectivity index (χ0n) is 18.7. The minimum absolute atomic E-state index is 0.150. The zero-order valence-corrected chi connectivity index (χ0v) is 19.5. The minimum atomic E-state index is -4.52. The van der Waals surface area contributed by atoms with Crippen LogP contribution in [-0.4, -0.2) is 57.1 Å². The molecule has 0 bridgehead atoms. The summed E-state index contributed by atoms with van der Waals surface area (Å²) in [7, 11) is 1.81. The van der Waals surface area contributed by atoms with Gasteiger partial charge in [0.1, 0.15) is 10.6 Å².